The minimum absolute atomic E-state index is 0.0556. The molecule has 1 amide bonds. The average molecular weight is 306 g/mol. The van der Waals surface area contributed by atoms with Gasteiger partial charge in [0.2, 0.25) is 5.91 Å². The largest absolute Gasteiger partial charge is 0.417 e. The molecule has 8 heteroatoms. The van der Waals surface area contributed by atoms with Gasteiger partial charge in [0.1, 0.15) is 0 Å². The minimum Gasteiger partial charge on any atom is -0.378 e. The lowest BCUT2D eigenvalue weighted by Gasteiger charge is -2.26. The Morgan fingerprint density at radius 2 is 2.05 bits per heavy atom. The van der Waals surface area contributed by atoms with E-state index in [1.54, 1.807) is 4.90 Å². The first-order valence-electron chi connectivity index (χ1n) is 5.98. The van der Waals surface area contributed by atoms with E-state index in [0.717, 1.165) is 24.0 Å². The Bertz CT molecular complexity index is 459. The van der Waals surface area contributed by atoms with Gasteiger partial charge in [-0.15, -0.1) is 0 Å². The normalized spacial score (nSPS) is 16.2. The Hall–Kier alpha value is -1.28. The van der Waals surface area contributed by atoms with Crippen molar-refractivity contribution >= 4 is 17.7 Å². The van der Waals surface area contributed by atoms with Gasteiger partial charge in [0, 0.05) is 19.3 Å². The summed E-state index contributed by atoms with van der Waals surface area (Å²) in [5.41, 5.74) is -0.790. The maximum atomic E-state index is 12.4. The van der Waals surface area contributed by atoms with Crippen LogP contribution in [0.4, 0.5) is 13.2 Å². The summed E-state index contributed by atoms with van der Waals surface area (Å²) in [5.74, 6) is 0.109. The summed E-state index contributed by atoms with van der Waals surface area (Å²) in [6, 6.07) is 2.24. The van der Waals surface area contributed by atoms with E-state index in [1.165, 1.54) is 6.07 Å². The van der Waals surface area contributed by atoms with Crippen LogP contribution in [0.15, 0.2) is 23.4 Å². The van der Waals surface area contributed by atoms with Gasteiger partial charge in [0.05, 0.1) is 29.6 Å². The number of hydrogen-bond acceptors (Lipinski definition) is 4. The number of aromatic nitrogens is 1. The van der Waals surface area contributed by atoms with E-state index in [0.29, 0.717) is 31.3 Å². The maximum Gasteiger partial charge on any atom is 0.417 e. The average Bonchev–Trinajstić information content (AvgIpc) is 2.45. The zero-order valence-electron chi connectivity index (χ0n) is 10.5. The number of carbonyl (C=O) groups is 1. The number of nitrogens with zero attached hydrogens (tertiary/aromatic N) is 2. The van der Waals surface area contributed by atoms with Crippen LogP contribution in [0, 0.1) is 0 Å². The van der Waals surface area contributed by atoms with Gasteiger partial charge in [-0.3, -0.25) is 4.79 Å². The van der Waals surface area contributed by atoms with E-state index in [1.807, 2.05) is 0 Å². The first kappa shape index (κ1) is 15.1. The van der Waals surface area contributed by atoms with Crippen LogP contribution >= 0.6 is 11.8 Å². The molecular formula is C12H13F3N2O2S. The third kappa shape index (κ3) is 4.11. The van der Waals surface area contributed by atoms with Gasteiger partial charge >= 0.3 is 6.18 Å². The number of ether oxygens (including phenoxy) is 1. The predicted molar refractivity (Wildman–Crippen MR) is 67.4 cm³/mol. The SMILES string of the molecule is O=C(CSc1ccc(C(F)(F)F)cn1)N1CCOCC1. The highest BCUT2D eigenvalue weighted by atomic mass is 32.2. The van der Waals surface area contributed by atoms with Crippen LogP contribution in [0.1, 0.15) is 5.56 Å². The number of pyridine rings is 1. The van der Waals surface area contributed by atoms with E-state index >= 15 is 0 Å². The van der Waals surface area contributed by atoms with Crippen LogP contribution < -0.4 is 0 Å². The second kappa shape index (κ2) is 6.45. The van der Waals surface area contributed by atoms with Crippen LogP contribution in [0.2, 0.25) is 0 Å². The molecular weight excluding hydrogens is 293 g/mol. The molecule has 4 nitrogen and oxygen atoms in total. The zero-order chi connectivity index (χ0) is 14.6. The third-order valence-corrected chi connectivity index (χ3v) is 3.70. The van der Waals surface area contributed by atoms with E-state index in [4.69, 9.17) is 4.74 Å². The highest BCUT2D eigenvalue weighted by molar-refractivity contribution is 7.99. The van der Waals surface area contributed by atoms with Crippen molar-refractivity contribution in [3.63, 3.8) is 0 Å². The predicted octanol–water partition coefficient (Wildman–Crippen LogP) is 2.05. The van der Waals surface area contributed by atoms with Crippen LogP contribution in [-0.4, -0.2) is 47.8 Å². The number of alkyl halides is 3. The van der Waals surface area contributed by atoms with Crippen LogP contribution in [0.3, 0.4) is 0 Å². The summed E-state index contributed by atoms with van der Waals surface area (Å²) in [7, 11) is 0. The molecule has 1 saturated heterocycles. The molecule has 0 atom stereocenters. The van der Waals surface area contributed by atoms with Crippen molar-refractivity contribution in [2.45, 2.75) is 11.2 Å². The Kier molecular flexibility index (Phi) is 4.87. The van der Waals surface area contributed by atoms with E-state index in [2.05, 4.69) is 4.98 Å². The molecule has 0 aliphatic carbocycles. The van der Waals surface area contributed by atoms with E-state index in [9.17, 15) is 18.0 Å². The van der Waals surface area contributed by atoms with Gasteiger partial charge in [-0.1, -0.05) is 11.8 Å². The molecule has 1 fully saturated rings. The number of amides is 1. The minimum atomic E-state index is -4.39. The molecule has 1 aromatic rings. The van der Waals surface area contributed by atoms with Crippen molar-refractivity contribution < 1.29 is 22.7 Å². The molecule has 1 aliphatic heterocycles. The highest BCUT2D eigenvalue weighted by Gasteiger charge is 2.30. The molecule has 0 spiro atoms. The molecule has 1 aliphatic rings. The van der Waals surface area contributed by atoms with Gasteiger partial charge in [-0.25, -0.2) is 4.98 Å². The summed E-state index contributed by atoms with van der Waals surface area (Å²) in [4.78, 5) is 17.2. The first-order chi connectivity index (χ1) is 9.47. The molecule has 1 aromatic heterocycles. The molecule has 110 valence electrons. The number of thioether (sulfide) groups is 1. The van der Waals surface area contributed by atoms with Gasteiger partial charge in [0.15, 0.2) is 0 Å². The van der Waals surface area contributed by atoms with Crippen molar-refractivity contribution in [1.82, 2.24) is 9.88 Å². The molecule has 0 radical (unpaired) electrons. The summed E-state index contributed by atoms with van der Waals surface area (Å²) in [6.45, 7) is 2.16. The first-order valence-corrected chi connectivity index (χ1v) is 6.97. The monoisotopic (exact) mass is 306 g/mol. The Labute approximate surface area is 118 Å². The second-order valence-corrected chi connectivity index (χ2v) is 5.16. The lowest BCUT2D eigenvalue weighted by atomic mass is 10.3. The van der Waals surface area contributed by atoms with Crippen molar-refractivity contribution in [2.24, 2.45) is 0 Å². The highest BCUT2D eigenvalue weighted by Crippen LogP contribution is 2.29. The van der Waals surface area contributed by atoms with E-state index in [-0.39, 0.29) is 11.7 Å². The molecule has 0 N–H and O–H groups in total. The molecule has 0 saturated carbocycles. The Balaban J connectivity index is 1.86. The fourth-order valence-electron chi connectivity index (χ4n) is 1.67. The summed E-state index contributed by atoms with van der Waals surface area (Å²) >= 11 is 1.13. The molecule has 20 heavy (non-hydrogen) atoms. The molecule has 0 bridgehead atoms. The Morgan fingerprint density at radius 3 is 2.60 bits per heavy atom. The zero-order valence-corrected chi connectivity index (χ0v) is 11.3. The maximum absolute atomic E-state index is 12.4. The molecule has 2 rings (SSSR count). The van der Waals surface area contributed by atoms with Crippen molar-refractivity contribution in [3.05, 3.63) is 23.9 Å². The second-order valence-electron chi connectivity index (χ2n) is 4.16. The summed E-state index contributed by atoms with van der Waals surface area (Å²) in [5, 5.41) is 0.402. The van der Waals surface area contributed by atoms with Gasteiger partial charge < -0.3 is 9.64 Å². The van der Waals surface area contributed by atoms with Crippen LogP contribution in [-0.2, 0) is 15.7 Å². The van der Waals surface area contributed by atoms with Gasteiger partial charge in [0.25, 0.3) is 0 Å². The van der Waals surface area contributed by atoms with Crippen LogP contribution in [0.5, 0.6) is 0 Å². The number of carbonyl (C=O) groups excluding carboxylic acids is 1. The fraction of sp³-hybridized carbons (Fsp3) is 0.500. The number of hydrogen-bond donors (Lipinski definition) is 0. The number of rotatable bonds is 3. The number of halogens is 3. The van der Waals surface area contributed by atoms with Gasteiger partial charge in [-0.2, -0.15) is 13.2 Å². The van der Waals surface area contributed by atoms with E-state index < -0.39 is 11.7 Å². The standard InChI is InChI=1S/C12H13F3N2O2S/c13-12(14,15)9-1-2-10(16-7-9)20-8-11(18)17-3-5-19-6-4-17/h1-2,7H,3-6,8H2. The van der Waals surface area contributed by atoms with Crippen molar-refractivity contribution in [2.75, 3.05) is 32.1 Å². The summed E-state index contributed by atoms with van der Waals surface area (Å²) < 4.78 is 42.2. The lowest BCUT2D eigenvalue weighted by Crippen LogP contribution is -2.41. The molecule has 0 unspecified atom stereocenters. The van der Waals surface area contributed by atoms with Crippen LogP contribution in [0.25, 0.3) is 0 Å². The summed E-state index contributed by atoms with van der Waals surface area (Å²) in [6.07, 6.45) is -3.61. The lowest BCUT2D eigenvalue weighted by molar-refractivity contribution is -0.138. The quantitative estimate of drug-likeness (QED) is 0.802. The van der Waals surface area contributed by atoms with Gasteiger partial charge in [-0.05, 0) is 12.1 Å². The fourth-order valence-corrected chi connectivity index (χ4v) is 2.42. The topological polar surface area (TPSA) is 42.4 Å². The van der Waals surface area contributed by atoms with Crippen molar-refractivity contribution in [1.29, 1.82) is 0 Å². The smallest absolute Gasteiger partial charge is 0.378 e. The number of morpholine rings is 1. The van der Waals surface area contributed by atoms with Crippen molar-refractivity contribution in [3.8, 4) is 0 Å². The third-order valence-electron chi connectivity index (χ3n) is 2.77. The molecule has 2 heterocycles. The Morgan fingerprint density at radius 1 is 1.35 bits per heavy atom. The molecule has 0 aromatic carbocycles.